The first-order chi connectivity index (χ1) is 12.0. The number of fused-ring (bicyclic) bond motifs is 1. The molecule has 0 aliphatic carbocycles. The summed E-state index contributed by atoms with van der Waals surface area (Å²) in [5.41, 5.74) is 9.56. The summed E-state index contributed by atoms with van der Waals surface area (Å²) in [6, 6.07) is 13.0. The maximum Gasteiger partial charge on any atom is 0.0786 e. The average molecular weight is 333 g/mol. The third-order valence-corrected chi connectivity index (χ3v) is 5.10. The lowest BCUT2D eigenvalue weighted by atomic mass is 9.88. The molecule has 3 aromatic rings. The van der Waals surface area contributed by atoms with E-state index in [-0.39, 0.29) is 12.5 Å². The fourth-order valence-corrected chi connectivity index (χ4v) is 4.00. The largest absolute Gasteiger partial charge is 0.396 e. The van der Waals surface area contributed by atoms with E-state index in [1.54, 1.807) is 0 Å². The van der Waals surface area contributed by atoms with Crippen LogP contribution in [0.15, 0.2) is 36.4 Å². The van der Waals surface area contributed by atoms with E-state index in [9.17, 15) is 5.11 Å². The van der Waals surface area contributed by atoms with Crippen LogP contribution in [-0.2, 0) is 0 Å². The Labute approximate surface area is 150 Å². The van der Waals surface area contributed by atoms with E-state index in [4.69, 9.17) is 4.98 Å². The Morgan fingerprint density at radius 3 is 2.28 bits per heavy atom. The zero-order chi connectivity index (χ0) is 18.1. The third kappa shape index (κ3) is 3.19. The normalized spacial score (nSPS) is 12.6. The van der Waals surface area contributed by atoms with E-state index >= 15 is 0 Å². The molecule has 3 rings (SSSR count). The van der Waals surface area contributed by atoms with Gasteiger partial charge in [-0.15, -0.1) is 0 Å². The van der Waals surface area contributed by atoms with Crippen molar-refractivity contribution >= 4 is 10.9 Å². The number of rotatable bonds is 4. The third-order valence-electron chi connectivity index (χ3n) is 5.10. The van der Waals surface area contributed by atoms with Gasteiger partial charge in [-0.1, -0.05) is 42.8 Å². The fourth-order valence-electron chi connectivity index (χ4n) is 4.00. The van der Waals surface area contributed by atoms with Crippen molar-refractivity contribution in [1.82, 2.24) is 4.98 Å². The highest BCUT2D eigenvalue weighted by atomic mass is 16.3. The number of aromatic nitrogens is 1. The molecule has 130 valence electrons. The van der Waals surface area contributed by atoms with Gasteiger partial charge < -0.3 is 5.11 Å². The van der Waals surface area contributed by atoms with Crippen molar-refractivity contribution in [3.8, 4) is 11.1 Å². The summed E-state index contributed by atoms with van der Waals surface area (Å²) in [5, 5.41) is 11.0. The van der Waals surface area contributed by atoms with E-state index in [2.05, 4.69) is 64.1 Å². The summed E-state index contributed by atoms with van der Waals surface area (Å²) in [7, 11) is 0. The molecule has 0 radical (unpaired) electrons. The van der Waals surface area contributed by atoms with Crippen molar-refractivity contribution in [3.63, 3.8) is 0 Å². The van der Waals surface area contributed by atoms with Crippen LogP contribution in [0, 0.1) is 27.7 Å². The highest BCUT2D eigenvalue weighted by molar-refractivity contribution is 5.97. The standard InChI is InChI=1S/C23H27NO/c1-6-18(13-25)21-12-17(5)24-23-19(21)8-7-9-20(23)22-15(3)10-14(2)11-16(22)4/h7-12,18,25H,6,13H2,1-5H3. The average Bonchev–Trinajstić information content (AvgIpc) is 2.55. The van der Waals surface area contributed by atoms with Crippen LogP contribution in [0.3, 0.4) is 0 Å². The molecule has 2 nitrogen and oxygen atoms in total. The van der Waals surface area contributed by atoms with Crippen LogP contribution in [0.2, 0.25) is 0 Å². The second-order valence-electron chi connectivity index (χ2n) is 7.12. The molecule has 1 atom stereocenters. The van der Waals surface area contributed by atoms with Crippen LogP contribution >= 0.6 is 0 Å². The van der Waals surface area contributed by atoms with Gasteiger partial charge in [0.1, 0.15) is 0 Å². The second kappa shape index (κ2) is 6.97. The molecule has 1 unspecified atom stereocenters. The van der Waals surface area contributed by atoms with E-state index < -0.39 is 0 Å². The lowest BCUT2D eigenvalue weighted by Gasteiger charge is -2.19. The van der Waals surface area contributed by atoms with Crippen molar-refractivity contribution in [2.75, 3.05) is 6.61 Å². The summed E-state index contributed by atoms with van der Waals surface area (Å²) in [6.07, 6.45) is 0.919. The van der Waals surface area contributed by atoms with Crippen LogP contribution in [0.25, 0.3) is 22.0 Å². The van der Waals surface area contributed by atoms with Gasteiger partial charge in [-0.2, -0.15) is 0 Å². The predicted octanol–water partition coefficient (Wildman–Crippen LogP) is 5.62. The van der Waals surface area contributed by atoms with Crippen molar-refractivity contribution < 1.29 is 5.11 Å². The van der Waals surface area contributed by atoms with Gasteiger partial charge in [-0.25, -0.2) is 0 Å². The van der Waals surface area contributed by atoms with Gasteiger partial charge in [0.25, 0.3) is 0 Å². The maximum absolute atomic E-state index is 9.81. The molecule has 0 saturated carbocycles. The monoisotopic (exact) mass is 333 g/mol. The Morgan fingerprint density at radius 1 is 1.00 bits per heavy atom. The molecule has 0 fully saturated rings. The molecule has 0 bridgehead atoms. The topological polar surface area (TPSA) is 33.1 Å². The number of aryl methyl sites for hydroxylation is 4. The number of hydrogen-bond donors (Lipinski definition) is 1. The van der Waals surface area contributed by atoms with Crippen molar-refractivity contribution in [2.45, 2.75) is 47.0 Å². The molecule has 0 spiro atoms. The van der Waals surface area contributed by atoms with E-state index in [1.807, 2.05) is 6.92 Å². The van der Waals surface area contributed by atoms with Gasteiger partial charge in [-0.3, -0.25) is 4.98 Å². The number of para-hydroxylation sites is 1. The highest BCUT2D eigenvalue weighted by Crippen LogP contribution is 2.36. The predicted molar refractivity (Wildman–Crippen MR) is 106 cm³/mol. The molecule has 1 heterocycles. The van der Waals surface area contributed by atoms with E-state index in [0.29, 0.717) is 0 Å². The SMILES string of the molecule is CCC(CO)c1cc(C)nc2c(-c3c(C)cc(C)cc3C)cccc12. The minimum absolute atomic E-state index is 0.152. The zero-order valence-electron chi connectivity index (χ0n) is 15.9. The van der Waals surface area contributed by atoms with Gasteiger partial charge in [0.05, 0.1) is 5.52 Å². The van der Waals surface area contributed by atoms with Gasteiger partial charge in [0, 0.05) is 29.2 Å². The second-order valence-corrected chi connectivity index (χ2v) is 7.12. The Bertz CT molecular complexity index is 900. The van der Waals surface area contributed by atoms with Crippen molar-refractivity contribution in [3.05, 3.63) is 64.3 Å². The molecule has 1 N–H and O–H groups in total. The molecule has 25 heavy (non-hydrogen) atoms. The summed E-state index contributed by atoms with van der Waals surface area (Å²) < 4.78 is 0. The van der Waals surface area contributed by atoms with Gasteiger partial charge in [0.2, 0.25) is 0 Å². The smallest absolute Gasteiger partial charge is 0.0786 e. The molecule has 0 aliphatic rings. The molecular formula is C23H27NO. The quantitative estimate of drug-likeness (QED) is 0.672. The number of hydrogen-bond acceptors (Lipinski definition) is 2. The van der Waals surface area contributed by atoms with Crippen LogP contribution in [0.4, 0.5) is 0 Å². The fraction of sp³-hybridized carbons (Fsp3) is 0.348. The van der Waals surface area contributed by atoms with Crippen LogP contribution in [0.1, 0.15) is 47.2 Å². The minimum atomic E-state index is 0.152. The molecule has 0 aliphatic heterocycles. The number of nitrogens with zero attached hydrogens (tertiary/aromatic N) is 1. The Kier molecular flexibility index (Phi) is 4.91. The number of aliphatic hydroxyl groups is 1. The molecule has 0 amide bonds. The van der Waals surface area contributed by atoms with Crippen LogP contribution in [0.5, 0.6) is 0 Å². The zero-order valence-corrected chi connectivity index (χ0v) is 15.9. The Morgan fingerprint density at radius 2 is 1.68 bits per heavy atom. The first kappa shape index (κ1) is 17.6. The number of pyridine rings is 1. The molecule has 0 saturated heterocycles. The molecular weight excluding hydrogens is 306 g/mol. The van der Waals surface area contributed by atoms with E-state index in [1.165, 1.54) is 33.4 Å². The minimum Gasteiger partial charge on any atom is -0.396 e. The van der Waals surface area contributed by atoms with Gasteiger partial charge in [0.15, 0.2) is 0 Å². The molecule has 2 heteroatoms. The van der Waals surface area contributed by atoms with E-state index in [0.717, 1.165) is 23.0 Å². The van der Waals surface area contributed by atoms with Gasteiger partial charge in [-0.05, 0) is 62.4 Å². The first-order valence-corrected chi connectivity index (χ1v) is 9.05. The summed E-state index contributed by atoms with van der Waals surface area (Å²) in [6.45, 7) is 10.8. The first-order valence-electron chi connectivity index (χ1n) is 9.05. The summed E-state index contributed by atoms with van der Waals surface area (Å²) in [4.78, 5) is 4.89. The molecule has 2 aromatic carbocycles. The number of benzene rings is 2. The lowest BCUT2D eigenvalue weighted by Crippen LogP contribution is -2.05. The summed E-state index contributed by atoms with van der Waals surface area (Å²) in [5.74, 6) is 0.152. The highest BCUT2D eigenvalue weighted by Gasteiger charge is 2.17. The van der Waals surface area contributed by atoms with Gasteiger partial charge >= 0.3 is 0 Å². The van der Waals surface area contributed by atoms with Crippen LogP contribution in [-0.4, -0.2) is 16.7 Å². The Balaban J connectivity index is 2.36. The van der Waals surface area contributed by atoms with Crippen molar-refractivity contribution in [1.29, 1.82) is 0 Å². The lowest BCUT2D eigenvalue weighted by molar-refractivity contribution is 0.263. The van der Waals surface area contributed by atoms with Crippen LogP contribution < -0.4 is 0 Å². The molecule has 1 aromatic heterocycles. The maximum atomic E-state index is 9.81. The Hall–Kier alpha value is -2.19. The number of aliphatic hydroxyl groups excluding tert-OH is 1. The van der Waals surface area contributed by atoms with Crippen molar-refractivity contribution in [2.24, 2.45) is 0 Å². The summed E-state index contributed by atoms with van der Waals surface area (Å²) >= 11 is 0.